The largest absolute Gasteiger partial charge is 0.455 e. The Morgan fingerprint density at radius 1 is 0.411 bits per heavy atom. The van der Waals surface area contributed by atoms with E-state index >= 15 is 0 Å². The summed E-state index contributed by atoms with van der Waals surface area (Å²) < 4.78 is 13.4. The molecule has 12 aromatic rings. The van der Waals surface area contributed by atoms with Crippen molar-refractivity contribution >= 4 is 65.6 Å². The third-order valence-corrected chi connectivity index (χ3v) is 11.2. The first-order chi connectivity index (χ1) is 27.8. The van der Waals surface area contributed by atoms with Crippen LogP contribution < -0.4 is 0 Å². The summed E-state index contributed by atoms with van der Waals surface area (Å²) in [5.41, 5.74) is 13.3. The lowest BCUT2D eigenvalue weighted by Crippen LogP contribution is -2.03. The number of nitrogens with zero attached hydrogens (tertiary/aromatic N) is 5. The second-order valence-electron chi connectivity index (χ2n) is 14.3. The first-order valence-electron chi connectivity index (χ1n) is 18.9. The van der Waals surface area contributed by atoms with Gasteiger partial charge in [-0.3, -0.25) is 0 Å². The highest BCUT2D eigenvalue weighted by atomic mass is 16.3. The molecule has 8 aromatic carbocycles. The summed E-state index contributed by atoms with van der Waals surface area (Å²) in [5.74, 6) is 0. The number of furan rings is 1. The van der Waals surface area contributed by atoms with Gasteiger partial charge in [0.25, 0.3) is 0 Å². The quantitative estimate of drug-likeness (QED) is 0.178. The predicted molar refractivity (Wildman–Crippen MR) is 228 cm³/mol. The van der Waals surface area contributed by atoms with E-state index in [2.05, 4.69) is 167 Å². The number of fused-ring (bicyclic) bond motifs is 10. The van der Waals surface area contributed by atoms with Gasteiger partial charge in [0.05, 0.1) is 44.5 Å². The highest BCUT2D eigenvalue weighted by molar-refractivity contribution is 6.24. The molecule has 0 amide bonds. The van der Waals surface area contributed by atoms with Crippen molar-refractivity contribution in [1.82, 2.24) is 24.1 Å². The Morgan fingerprint density at radius 2 is 0.982 bits per heavy atom. The lowest BCUT2D eigenvalue weighted by Gasteiger charge is -2.16. The summed E-state index contributed by atoms with van der Waals surface area (Å²) >= 11 is 0. The van der Waals surface area contributed by atoms with Crippen LogP contribution in [-0.2, 0) is 0 Å². The Balaban J connectivity index is 1.10. The van der Waals surface area contributed by atoms with E-state index in [1.807, 2.05) is 35.0 Å². The molecule has 0 unspecified atom stereocenters. The van der Waals surface area contributed by atoms with Crippen LogP contribution in [0, 0.1) is 0 Å². The summed E-state index contributed by atoms with van der Waals surface area (Å²) in [4.78, 5) is 0. The average Bonchev–Trinajstić information content (AvgIpc) is 4.03. The van der Waals surface area contributed by atoms with Crippen LogP contribution >= 0.6 is 0 Å². The zero-order valence-electron chi connectivity index (χ0n) is 30.0. The molecule has 0 fully saturated rings. The van der Waals surface area contributed by atoms with Gasteiger partial charge in [0.2, 0.25) is 0 Å². The fourth-order valence-corrected chi connectivity index (χ4v) is 8.80. The van der Waals surface area contributed by atoms with Gasteiger partial charge in [-0.1, -0.05) is 133 Å². The lowest BCUT2D eigenvalue weighted by atomic mass is 10.0. The highest BCUT2D eigenvalue weighted by Gasteiger charge is 2.23. The number of aromatic nitrogens is 5. The zero-order chi connectivity index (χ0) is 36.7. The van der Waals surface area contributed by atoms with Gasteiger partial charge < -0.3 is 13.6 Å². The van der Waals surface area contributed by atoms with Crippen LogP contribution in [0.4, 0.5) is 0 Å². The summed E-state index contributed by atoms with van der Waals surface area (Å²) in [6, 6.07) is 66.2. The maximum atomic E-state index is 6.62. The number of hydrogen-bond donors (Lipinski definition) is 0. The average molecular weight is 718 g/mol. The van der Waals surface area contributed by atoms with E-state index in [0.717, 1.165) is 105 Å². The number of benzene rings is 8. The van der Waals surface area contributed by atoms with Gasteiger partial charge in [-0.05, 0) is 60.7 Å². The molecule has 4 aromatic heterocycles. The van der Waals surface area contributed by atoms with Gasteiger partial charge in [-0.2, -0.15) is 0 Å². The SMILES string of the molecule is c1ccc(-c2nnn(-c3ccc4c(c3)c3ccccc3n4-c3ccccc3-n3c4ccccc4c4c5oc6ccccc6c5ccc43)c2-c2ccccc2)cc1. The van der Waals surface area contributed by atoms with Crippen LogP contribution in [-0.4, -0.2) is 24.1 Å². The van der Waals surface area contributed by atoms with E-state index in [0.29, 0.717) is 0 Å². The smallest absolute Gasteiger partial charge is 0.145 e. The summed E-state index contributed by atoms with van der Waals surface area (Å²) in [6.07, 6.45) is 0. The van der Waals surface area contributed by atoms with E-state index in [4.69, 9.17) is 14.7 Å². The molecule has 12 rings (SSSR count). The Kier molecular flexibility index (Phi) is 6.53. The molecule has 262 valence electrons. The van der Waals surface area contributed by atoms with Crippen molar-refractivity contribution in [2.24, 2.45) is 0 Å². The third-order valence-electron chi connectivity index (χ3n) is 11.2. The molecule has 6 nitrogen and oxygen atoms in total. The van der Waals surface area contributed by atoms with Gasteiger partial charge in [-0.25, -0.2) is 4.68 Å². The van der Waals surface area contributed by atoms with Crippen LogP contribution in [0.5, 0.6) is 0 Å². The molecule has 4 heterocycles. The zero-order valence-corrected chi connectivity index (χ0v) is 30.0. The van der Waals surface area contributed by atoms with Crippen molar-refractivity contribution in [3.05, 3.63) is 188 Å². The number of hydrogen-bond acceptors (Lipinski definition) is 3. The van der Waals surface area contributed by atoms with Crippen LogP contribution in [0.1, 0.15) is 0 Å². The highest BCUT2D eigenvalue weighted by Crippen LogP contribution is 2.43. The fraction of sp³-hybridized carbons (Fsp3) is 0. The summed E-state index contributed by atoms with van der Waals surface area (Å²) in [5, 5.41) is 16.4. The Labute approximate surface area is 320 Å². The molecular formula is C50H31N5O. The predicted octanol–water partition coefficient (Wildman–Crippen LogP) is 12.7. The van der Waals surface area contributed by atoms with E-state index in [-0.39, 0.29) is 0 Å². The monoisotopic (exact) mass is 717 g/mol. The molecule has 0 aliphatic rings. The third kappa shape index (κ3) is 4.38. The van der Waals surface area contributed by atoms with Crippen molar-refractivity contribution in [1.29, 1.82) is 0 Å². The van der Waals surface area contributed by atoms with Gasteiger partial charge in [0.15, 0.2) is 0 Å². The van der Waals surface area contributed by atoms with Crippen LogP contribution in [0.3, 0.4) is 0 Å². The fourth-order valence-electron chi connectivity index (χ4n) is 8.80. The van der Waals surface area contributed by atoms with Crippen molar-refractivity contribution in [2.45, 2.75) is 0 Å². The molecule has 0 N–H and O–H groups in total. The molecule has 0 spiro atoms. The molecule has 6 heteroatoms. The summed E-state index contributed by atoms with van der Waals surface area (Å²) in [7, 11) is 0. The van der Waals surface area contributed by atoms with Gasteiger partial charge in [0, 0.05) is 38.1 Å². The number of rotatable bonds is 5. The molecule has 56 heavy (non-hydrogen) atoms. The number of para-hydroxylation sites is 5. The summed E-state index contributed by atoms with van der Waals surface area (Å²) in [6.45, 7) is 0. The molecule has 0 aliphatic carbocycles. The minimum atomic E-state index is 0.847. The van der Waals surface area contributed by atoms with Gasteiger partial charge in [0.1, 0.15) is 22.6 Å². The molecule has 0 saturated carbocycles. The maximum Gasteiger partial charge on any atom is 0.145 e. The molecule has 0 aliphatic heterocycles. The standard InChI is InChI=1S/C50H31N5O/c1-3-15-32(16-4-1)48-49(33-17-5-2-6-18-33)55(52-51-48)34-27-29-42-39(31-34)35-19-7-10-22-40(35)53(42)43-24-12-13-25-44(43)54-41-23-11-8-21-38(41)47-45(54)30-28-37-36-20-9-14-26-46(36)56-50(37)47/h1-31H. The maximum absolute atomic E-state index is 6.62. The van der Waals surface area contributed by atoms with Gasteiger partial charge >= 0.3 is 0 Å². The van der Waals surface area contributed by atoms with Crippen molar-refractivity contribution in [3.63, 3.8) is 0 Å². The molecular weight excluding hydrogens is 687 g/mol. The van der Waals surface area contributed by atoms with Crippen molar-refractivity contribution < 1.29 is 4.42 Å². The molecule has 0 bridgehead atoms. The first-order valence-corrected chi connectivity index (χ1v) is 18.9. The Morgan fingerprint density at radius 3 is 1.75 bits per heavy atom. The van der Waals surface area contributed by atoms with Crippen molar-refractivity contribution in [3.8, 4) is 39.6 Å². The topological polar surface area (TPSA) is 53.7 Å². The minimum Gasteiger partial charge on any atom is -0.455 e. The Hall–Kier alpha value is -7.70. The normalized spacial score (nSPS) is 11.9. The molecule has 0 atom stereocenters. The Bertz CT molecular complexity index is 3480. The minimum absolute atomic E-state index is 0.847. The van der Waals surface area contributed by atoms with E-state index in [1.54, 1.807) is 0 Å². The molecule has 0 saturated heterocycles. The second kappa shape index (κ2) is 11.9. The van der Waals surface area contributed by atoms with Crippen LogP contribution in [0.25, 0.3) is 105 Å². The van der Waals surface area contributed by atoms with E-state index < -0.39 is 0 Å². The molecule has 0 radical (unpaired) electrons. The van der Waals surface area contributed by atoms with Gasteiger partial charge in [-0.15, -0.1) is 5.10 Å². The van der Waals surface area contributed by atoms with Crippen molar-refractivity contribution in [2.75, 3.05) is 0 Å². The van der Waals surface area contributed by atoms with E-state index in [1.165, 1.54) is 0 Å². The second-order valence-corrected chi connectivity index (χ2v) is 14.3. The first kappa shape index (κ1) is 30.7. The van der Waals surface area contributed by atoms with Crippen LogP contribution in [0.2, 0.25) is 0 Å². The lowest BCUT2D eigenvalue weighted by molar-refractivity contribution is 0.673. The van der Waals surface area contributed by atoms with Crippen LogP contribution in [0.15, 0.2) is 192 Å². The van der Waals surface area contributed by atoms with E-state index in [9.17, 15) is 0 Å².